The van der Waals surface area contributed by atoms with Gasteiger partial charge in [-0.05, 0) is 26.8 Å². The van der Waals surface area contributed by atoms with Gasteiger partial charge in [0.05, 0.1) is 6.04 Å². The number of amides is 3. The molecular formula is C15H28N4O3. The second kappa shape index (κ2) is 9.94. The van der Waals surface area contributed by atoms with Gasteiger partial charge >= 0.3 is 0 Å². The first-order chi connectivity index (χ1) is 10.3. The maximum atomic E-state index is 12.3. The highest BCUT2D eigenvalue weighted by Crippen LogP contribution is 2.03. The molecule has 0 saturated carbocycles. The summed E-state index contributed by atoms with van der Waals surface area (Å²) in [6, 6.07) is -1.96. The van der Waals surface area contributed by atoms with Gasteiger partial charge in [-0.1, -0.05) is 19.9 Å². The van der Waals surface area contributed by atoms with E-state index in [1.54, 1.807) is 20.9 Å². The standard InChI is InChI=1S/C15H28N4O3/c1-7-11(14(21)17-8-2)18-15(22)12(9(3)4)19-13(20)10(5)16-6/h7,9-12,16H,1,8H2,2-6H3,(H,17,21)(H,18,22)(H,19,20)/t10-,11-,12-/m0/s1. The summed E-state index contributed by atoms with van der Waals surface area (Å²) < 4.78 is 0. The van der Waals surface area contributed by atoms with Crippen molar-refractivity contribution < 1.29 is 14.4 Å². The van der Waals surface area contributed by atoms with Crippen molar-refractivity contribution in [1.29, 1.82) is 0 Å². The molecule has 0 aromatic rings. The van der Waals surface area contributed by atoms with Gasteiger partial charge in [0.15, 0.2) is 0 Å². The summed E-state index contributed by atoms with van der Waals surface area (Å²) in [5.74, 6) is -1.14. The van der Waals surface area contributed by atoms with Gasteiger partial charge in [0.2, 0.25) is 17.7 Å². The Morgan fingerprint density at radius 1 is 1.05 bits per heavy atom. The van der Waals surface area contributed by atoms with Crippen LogP contribution in [0.15, 0.2) is 12.7 Å². The number of hydrogen-bond donors (Lipinski definition) is 4. The van der Waals surface area contributed by atoms with E-state index in [0.29, 0.717) is 6.54 Å². The molecule has 0 aromatic heterocycles. The lowest BCUT2D eigenvalue weighted by Gasteiger charge is -2.25. The van der Waals surface area contributed by atoms with Crippen LogP contribution in [-0.2, 0) is 14.4 Å². The Balaban J connectivity index is 4.89. The number of carbonyl (C=O) groups excluding carboxylic acids is 3. The van der Waals surface area contributed by atoms with Crippen molar-refractivity contribution in [2.75, 3.05) is 13.6 Å². The highest BCUT2D eigenvalue weighted by molar-refractivity contribution is 5.93. The lowest BCUT2D eigenvalue weighted by molar-refractivity contribution is -0.132. The fourth-order valence-electron chi connectivity index (χ4n) is 1.70. The van der Waals surface area contributed by atoms with Crippen LogP contribution < -0.4 is 21.3 Å². The molecule has 0 rings (SSSR count). The van der Waals surface area contributed by atoms with Crippen molar-refractivity contribution in [3.05, 3.63) is 12.7 Å². The molecule has 0 unspecified atom stereocenters. The van der Waals surface area contributed by atoms with E-state index in [9.17, 15) is 14.4 Å². The summed E-state index contributed by atoms with van der Waals surface area (Å²) in [5, 5.41) is 10.7. The second-order valence-corrected chi connectivity index (χ2v) is 5.36. The molecule has 0 spiro atoms. The Kier molecular flexibility index (Phi) is 9.09. The van der Waals surface area contributed by atoms with Crippen LogP contribution in [0, 0.1) is 5.92 Å². The number of rotatable bonds is 9. The van der Waals surface area contributed by atoms with Gasteiger partial charge in [0, 0.05) is 6.54 Å². The molecule has 0 bridgehead atoms. The van der Waals surface area contributed by atoms with E-state index in [1.165, 1.54) is 6.08 Å². The molecule has 0 aromatic carbocycles. The van der Waals surface area contributed by atoms with Gasteiger partial charge in [-0.3, -0.25) is 14.4 Å². The van der Waals surface area contributed by atoms with Crippen molar-refractivity contribution in [3.8, 4) is 0 Å². The van der Waals surface area contributed by atoms with Gasteiger partial charge in [0.25, 0.3) is 0 Å². The molecule has 0 heterocycles. The third-order valence-electron chi connectivity index (χ3n) is 3.24. The predicted octanol–water partition coefficient (Wildman–Crippen LogP) is -0.458. The molecule has 7 nitrogen and oxygen atoms in total. The third kappa shape index (κ3) is 6.26. The maximum Gasteiger partial charge on any atom is 0.246 e. The van der Waals surface area contributed by atoms with Crippen LogP contribution in [0.3, 0.4) is 0 Å². The Hall–Kier alpha value is -1.89. The van der Waals surface area contributed by atoms with E-state index in [0.717, 1.165) is 0 Å². The van der Waals surface area contributed by atoms with Crippen LogP contribution in [0.2, 0.25) is 0 Å². The van der Waals surface area contributed by atoms with Crippen molar-refractivity contribution in [1.82, 2.24) is 21.3 Å². The summed E-state index contributed by atoms with van der Waals surface area (Å²) in [5.41, 5.74) is 0. The van der Waals surface area contributed by atoms with E-state index in [2.05, 4.69) is 27.8 Å². The number of nitrogens with one attached hydrogen (secondary N) is 4. The first-order valence-electron chi connectivity index (χ1n) is 7.46. The van der Waals surface area contributed by atoms with E-state index in [1.807, 2.05) is 13.8 Å². The molecule has 3 amide bonds. The van der Waals surface area contributed by atoms with E-state index in [4.69, 9.17) is 0 Å². The Morgan fingerprint density at radius 2 is 1.64 bits per heavy atom. The highest BCUT2D eigenvalue weighted by atomic mass is 16.2. The summed E-state index contributed by atoms with van der Waals surface area (Å²) in [4.78, 5) is 36.1. The normalized spacial score (nSPS) is 14.6. The smallest absolute Gasteiger partial charge is 0.246 e. The molecular weight excluding hydrogens is 284 g/mol. The first kappa shape index (κ1) is 20.1. The molecule has 0 radical (unpaired) electrons. The average Bonchev–Trinajstić information content (AvgIpc) is 2.48. The zero-order chi connectivity index (χ0) is 17.3. The zero-order valence-corrected chi connectivity index (χ0v) is 14.0. The van der Waals surface area contributed by atoms with Gasteiger partial charge in [0.1, 0.15) is 12.1 Å². The number of likely N-dealkylation sites (N-methyl/N-ethyl adjacent to an activating group) is 2. The topological polar surface area (TPSA) is 99.3 Å². The molecule has 7 heteroatoms. The predicted molar refractivity (Wildman–Crippen MR) is 86.1 cm³/mol. The minimum atomic E-state index is -0.827. The summed E-state index contributed by atoms with van der Waals surface area (Å²) in [7, 11) is 1.66. The summed E-state index contributed by atoms with van der Waals surface area (Å²) in [6.45, 7) is 11.1. The van der Waals surface area contributed by atoms with Crippen molar-refractivity contribution in [2.24, 2.45) is 5.92 Å². The van der Waals surface area contributed by atoms with E-state index >= 15 is 0 Å². The van der Waals surface area contributed by atoms with Crippen LogP contribution in [-0.4, -0.2) is 49.4 Å². The monoisotopic (exact) mass is 312 g/mol. The van der Waals surface area contributed by atoms with Crippen molar-refractivity contribution in [3.63, 3.8) is 0 Å². The van der Waals surface area contributed by atoms with Gasteiger partial charge < -0.3 is 21.3 Å². The fraction of sp³-hybridized carbons (Fsp3) is 0.667. The second-order valence-electron chi connectivity index (χ2n) is 5.36. The lowest BCUT2D eigenvalue weighted by atomic mass is 10.0. The average molecular weight is 312 g/mol. The Labute approximate surface area is 132 Å². The van der Waals surface area contributed by atoms with Crippen LogP contribution in [0.5, 0.6) is 0 Å². The van der Waals surface area contributed by atoms with Crippen molar-refractivity contribution in [2.45, 2.75) is 45.8 Å². The van der Waals surface area contributed by atoms with Crippen LogP contribution >= 0.6 is 0 Å². The molecule has 0 aliphatic carbocycles. The number of carbonyl (C=O) groups is 3. The summed E-state index contributed by atoms with van der Waals surface area (Å²) >= 11 is 0. The Morgan fingerprint density at radius 3 is 2.05 bits per heavy atom. The van der Waals surface area contributed by atoms with Crippen LogP contribution in [0.4, 0.5) is 0 Å². The minimum Gasteiger partial charge on any atom is -0.354 e. The highest BCUT2D eigenvalue weighted by Gasteiger charge is 2.28. The third-order valence-corrected chi connectivity index (χ3v) is 3.24. The fourth-order valence-corrected chi connectivity index (χ4v) is 1.70. The number of hydrogen-bond acceptors (Lipinski definition) is 4. The molecule has 0 fully saturated rings. The first-order valence-corrected chi connectivity index (χ1v) is 7.46. The molecule has 0 aliphatic rings. The van der Waals surface area contributed by atoms with Crippen LogP contribution in [0.25, 0.3) is 0 Å². The van der Waals surface area contributed by atoms with Gasteiger partial charge in [-0.15, -0.1) is 6.58 Å². The molecule has 3 atom stereocenters. The van der Waals surface area contributed by atoms with E-state index in [-0.39, 0.29) is 17.7 Å². The van der Waals surface area contributed by atoms with Gasteiger partial charge in [-0.25, -0.2) is 0 Å². The molecule has 22 heavy (non-hydrogen) atoms. The van der Waals surface area contributed by atoms with Crippen LogP contribution in [0.1, 0.15) is 27.7 Å². The zero-order valence-electron chi connectivity index (χ0n) is 14.0. The SMILES string of the molecule is C=C[C@H](NC(=O)[C@@H](NC(=O)[C@H](C)NC)C(C)C)C(=O)NCC. The molecule has 4 N–H and O–H groups in total. The maximum absolute atomic E-state index is 12.3. The summed E-state index contributed by atoms with van der Waals surface area (Å²) in [6.07, 6.45) is 1.36. The van der Waals surface area contributed by atoms with E-state index < -0.39 is 24.0 Å². The van der Waals surface area contributed by atoms with Crippen molar-refractivity contribution >= 4 is 17.7 Å². The molecule has 0 saturated heterocycles. The quantitative estimate of drug-likeness (QED) is 0.433. The largest absolute Gasteiger partial charge is 0.354 e. The minimum absolute atomic E-state index is 0.118. The Bertz CT molecular complexity index is 410. The molecule has 126 valence electrons. The van der Waals surface area contributed by atoms with Gasteiger partial charge in [-0.2, -0.15) is 0 Å². The lowest BCUT2D eigenvalue weighted by Crippen LogP contribution is -2.56. The molecule has 0 aliphatic heterocycles.